The first-order chi connectivity index (χ1) is 15.0. The molecule has 2 N–H and O–H groups in total. The van der Waals surface area contributed by atoms with Gasteiger partial charge < -0.3 is 10.2 Å². The van der Waals surface area contributed by atoms with Crippen molar-refractivity contribution < 1.29 is 9.59 Å². The normalized spacial score (nSPS) is 17.9. The zero-order valence-electron chi connectivity index (χ0n) is 17.4. The zero-order chi connectivity index (χ0) is 22.0. The van der Waals surface area contributed by atoms with Crippen molar-refractivity contribution in [3.63, 3.8) is 0 Å². The number of carbonyl (C=O) groups is 2. The Balaban J connectivity index is 1.81. The molecule has 0 fully saturated rings. The van der Waals surface area contributed by atoms with Crippen LogP contribution in [-0.2, 0) is 4.79 Å². The molecule has 2 amide bonds. The highest BCUT2D eigenvalue weighted by Gasteiger charge is 2.44. The zero-order valence-corrected chi connectivity index (χ0v) is 17.4. The molecule has 0 aliphatic carbocycles. The molecule has 0 bridgehead atoms. The summed E-state index contributed by atoms with van der Waals surface area (Å²) in [5.41, 5.74) is 3.00. The molecule has 0 radical (unpaired) electrons. The van der Waals surface area contributed by atoms with Crippen molar-refractivity contribution >= 4 is 17.5 Å². The van der Waals surface area contributed by atoms with Crippen LogP contribution in [0.5, 0.6) is 0 Å². The molecule has 0 saturated carbocycles. The molecule has 0 saturated heterocycles. The first-order valence-corrected chi connectivity index (χ1v) is 10.2. The SMILES string of the molecule is CC(C)CN1C(=O)c2ccccc2C(C(=O)Nc2cccc(C#N)c2)C1c1cn[nH]c1. The van der Waals surface area contributed by atoms with Gasteiger partial charge in [-0.1, -0.05) is 38.1 Å². The quantitative estimate of drug-likeness (QED) is 0.663. The molecular formula is C24H23N5O2. The van der Waals surface area contributed by atoms with Crippen molar-refractivity contribution in [1.29, 1.82) is 5.26 Å². The number of nitrogens with zero attached hydrogens (tertiary/aromatic N) is 3. The fraction of sp³-hybridized carbons (Fsp3) is 0.250. The number of aromatic amines is 1. The second-order valence-electron chi connectivity index (χ2n) is 8.07. The molecule has 31 heavy (non-hydrogen) atoms. The number of hydrogen-bond donors (Lipinski definition) is 2. The molecule has 1 aliphatic heterocycles. The fourth-order valence-electron chi connectivity index (χ4n) is 4.15. The van der Waals surface area contributed by atoms with Gasteiger partial charge in [-0.25, -0.2) is 0 Å². The summed E-state index contributed by atoms with van der Waals surface area (Å²) in [4.78, 5) is 28.8. The molecule has 4 rings (SSSR count). The van der Waals surface area contributed by atoms with E-state index in [1.54, 1.807) is 47.6 Å². The lowest BCUT2D eigenvalue weighted by Gasteiger charge is -2.42. The number of fused-ring (bicyclic) bond motifs is 1. The Morgan fingerprint density at radius 2 is 2.06 bits per heavy atom. The molecule has 2 heterocycles. The maximum Gasteiger partial charge on any atom is 0.254 e. The predicted octanol–water partition coefficient (Wildman–Crippen LogP) is 3.86. The van der Waals surface area contributed by atoms with E-state index in [0.717, 1.165) is 5.56 Å². The highest BCUT2D eigenvalue weighted by Crippen LogP contribution is 2.43. The van der Waals surface area contributed by atoms with E-state index in [0.29, 0.717) is 28.9 Å². The van der Waals surface area contributed by atoms with Crippen LogP contribution in [0.2, 0.25) is 0 Å². The summed E-state index contributed by atoms with van der Waals surface area (Å²) in [6, 6.07) is 15.6. The number of rotatable bonds is 5. The number of amides is 2. The van der Waals surface area contributed by atoms with E-state index in [4.69, 9.17) is 0 Å². The summed E-state index contributed by atoms with van der Waals surface area (Å²) >= 11 is 0. The summed E-state index contributed by atoms with van der Waals surface area (Å²) < 4.78 is 0. The van der Waals surface area contributed by atoms with Crippen molar-refractivity contribution in [3.8, 4) is 6.07 Å². The van der Waals surface area contributed by atoms with Gasteiger partial charge in [-0.05, 0) is 35.7 Å². The average molecular weight is 413 g/mol. The highest BCUT2D eigenvalue weighted by molar-refractivity contribution is 6.04. The standard InChI is InChI=1S/C24H23N5O2/c1-15(2)14-29-22(17-12-26-27-13-17)21(19-8-3-4-9-20(19)24(29)31)23(30)28-18-7-5-6-16(10-18)11-25/h3-10,12-13,15,21-22H,14H2,1-2H3,(H,26,27)(H,28,30). The predicted molar refractivity (Wildman–Crippen MR) is 116 cm³/mol. The van der Waals surface area contributed by atoms with E-state index in [-0.39, 0.29) is 17.7 Å². The van der Waals surface area contributed by atoms with Crippen LogP contribution in [0.15, 0.2) is 60.9 Å². The average Bonchev–Trinajstić information content (AvgIpc) is 3.29. The van der Waals surface area contributed by atoms with Crippen LogP contribution in [0.25, 0.3) is 0 Å². The van der Waals surface area contributed by atoms with Crippen molar-refractivity contribution in [3.05, 3.63) is 83.2 Å². The van der Waals surface area contributed by atoms with Crippen molar-refractivity contribution in [2.45, 2.75) is 25.8 Å². The number of anilines is 1. The van der Waals surface area contributed by atoms with Gasteiger partial charge in [0.25, 0.3) is 5.91 Å². The molecule has 3 aromatic rings. The Morgan fingerprint density at radius 1 is 1.26 bits per heavy atom. The first-order valence-electron chi connectivity index (χ1n) is 10.2. The molecule has 7 nitrogen and oxygen atoms in total. The third kappa shape index (κ3) is 3.92. The van der Waals surface area contributed by atoms with E-state index >= 15 is 0 Å². The Bertz CT molecular complexity index is 1150. The van der Waals surface area contributed by atoms with Gasteiger partial charge in [-0.3, -0.25) is 14.7 Å². The van der Waals surface area contributed by atoms with Gasteiger partial charge >= 0.3 is 0 Å². The third-order valence-electron chi connectivity index (χ3n) is 5.40. The van der Waals surface area contributed by atoms with Crippen molar-refractivity contribution in [2.75, 3.05) is 11.9 Å². The summed E-state index contributed by atoms with van der Waals surface area (Å²) in [7, 11) is 0. The van der Waals surface area contributed by atoms with Crippen LogP contribution in [0.3, 0.4) is 0 Å². The topological polar surface area (TPSA) is 102 Å². The number of hydrogen-bond acceptors (Lipinski definition) is 4. The van der Waals surface area contributed by atoms with Gasteiger partial charge in [0.15, 0.2) is 0 Å². The molecule has 2 atom stereocenters. The summed E-state index contributed by atoms with van der Waals surface area (Å²) in [6.45, 7) is 4.60. The number of nitriles is 1. The number of H-pyrrole nitrogens is 1. The Labute approximate surface area is 180 Å². The van der Waals surface area contributed by atoms with Crippen LogP contribution >= 0.6 is 0 Å². The minimum Gasteiger partial charge on any atom is -0.330 e. The largest absolute Gasteiger partial charge is 0.330 e. The minimum absolute atomic E-state index is 0.0916. The van der Waals surface area contributed by atoms with Crippen LogP contribution in [-0.4, -0.2) is 33.5 Å². The van der Waals surface area contributed by atoms with E-state index in [1.165, 1.54) is 0 Å². The van der Waals surface area contributed by atoms with E-state index in [9.17, 15) is 14.9 Å². The van der Waals surface area contributed by atoms with Crippen LogP contribution in [0, 0.1) is 17.2 Å². The number of aromatic nitrogens is 2. The fourth-order valence-corrected chi connectivity index (χ4v) is 4.15. The summed E-state index contributed by atoms with van der Waals surface area (Å²) in [5, 5.41) is 19.0. The number of nitrogens with one attached hydrogen (secondary N) is 2. The third-order valence-corrected chi connectivity index (χ3v) is 5.40. The Kier molecular flexibility index (Phi) is 5.54. The van der Waals surface area contributed by atoms with Crippen molar-refractivity contribution in [2.24, 2.45) is 5.92 Å². The molecule has 1 aliphatic rings. The first kappa shape index (κ1) is 20.4. The molecular weight excluding hydrogens is 390 g/mol. The van der Waals surface area contributed by atoms with Gasteiger partial charge in [-0.2, -0.15) is 10.4 Å². The smallest absolute Gasteiger partial charge is 0.254 e. The van der Waals surface area contributed by atoms with Crippen LogP contribution in [0.4, 0.5) is 5.69 Å². The summed E-state index contributed by atoms with van der Waals surface area (Å²) in [6.07, 6.45) is 3.39. The monoisotopic (exact) mass is 413 g/mol. The molecule has 2 aromatic carbocycles. The number of benzene rings is 2. The van der Waals surface area contributed by atoms with Gasteiger partial charge in [0, 0.05) is 29.6 Å². The Morgan fingerprint density at radius 3 is 2.77 bits per heavy atom. The molecule has 156 valence electrons. The van der Waals surface area contributed by atoms with Gasteiger partial charge in [0.1, 0.15) is 0 Å². The second kappa shape index (κ2) is 8.44. The maximum absolute atomic E-state index is 13.6. The molecule has 1 aromatic heterocycles. The second-order valence-corrected chi connectivity index (χ2v) is 8.07. The lowest BCUT2D eigenvalue weighted by atomic mass is 9.79. The lowest BCUT2D eigenvalue weighted by molar-refractivity contribution is -0.119. The van der Waals surface area contributed by atoms with Gasteiger partial charge in [0.2, 0.25) is 5.91 Å². The Hall–Kier alpha value is -3.92. The molecule has 7 heteroatoms. The lowest BCUT2D eigenvalue weighted by Crippen LogP contribution is -2.47. The number of carbonyl (C=O) groups excluding carboxylic acids is 2. The van der Waals surface area contributed by atoms with E-state index in [2.05, 4.69) is 21.6 Å². The highest BCUT2D eigenvalue weighted by atomic mass is 16.2. The van der Waals surface area contributed by atoms with Gasteiger partial charge in [-0.15, -0.1) is 0 Å². The van der Waals surface area contributed by atoms with Crippen LogP contribution < -0.4 is 5.32 Å². The maximum atomic E-state index is 13.6. The van der Waals surface area contributed by atoms with Gasteiger partial charge in [0.05, 0.1) is 29.8 Å². The molecule has 2 unspecified atom stereocenters. The summed E-state index contributed by atoms with van der Waals surface area (Å²) in [5.74, 6) is -0.739. The van der Waals surface area contributed by atoms with Crippen LogP contribution in [0.1, 0.15) is 52.9 Å². The van der Waals surface area contributed by atoms with E-state index in [1.807, 2.05) is 32.0 Å². The molecule has 0 spiro atoms. The van der Waals surface area contributed by atoms with Crippen molar-refractivity contribution in [1.82, 2.24) is 15.1 Å². The minimum atomic E-state index is -0.629. The van der Waals surface area contributed by atoms with E-state index < -0.39 is 12.0 Å².